The van der Waals surface area contributed by atoms with E-state index < -0.39 is 21.3 Å². The molecule has 0 saturated heterocycles. The fourth-order valence-electron chi connectivity index (χ4n) is 6.34. The maximum absolute atomic E-state index is 11.9. The number of rotatable bonds is 4. The van der Waals surface area contributed by atoms with Crippen molar-refractivity contribution < 1.29 is 27.3 Å². The molecule has 4 fully saturated rings. The molecule has 4 aliphatic carbocycles. The van der Waals surface area contributed by atoms with Gasteiger partial charge in [0.2, 0.25) is 0 Å². The van der Waals surface area contributed by atoms with Crippen LogP contribution in [0.4, 0.5) is 0 Å². The van der Waals surface area contributed by atoms with Gasteiger partial charge in [-0.3, -0.25) is 14.1 Å². The molecule has 0 aromatic carbocycles. The van der Waals surface area contributed by atoms with Crippen LogP contribution < -0.4 is 5.73 Å². The van der Waals surface area contributed by atoms with Crippen molar-refractivity contribution in [3.05, 3.63) is 0 Å². The summed E-state index contributed by atoms with van der Waals surface area (Å²) in [5.74, 6) is 0.926. The van der Waals surface area contributed by atoms with E-state index >= 15 is 0 Å². The Morgan fingerprint density at radius 1 is 1.25 bits per heavy atom. The van der Waals surface area contributed by atoms with E-state index in [1.165, 1.54) is 12.8 Å². The summed E-state index contributed by atoms with van der Waals surface area (Å²) in [4.78, 5) is 23.4. The lowest BCUT2D eigenvalue weighted by molar-refractivity contribution is -0.150. The summed E-state index contributed by atoms with van der Waals surface area (Å²) in [5, 5.41) is 0. The Morgan fingerprint density at radius 3 is 2.32 bits per heavy atom. The Morgan fingerprint density at radius 2 is 1.89 bits per heavy atom. The lowest BCUT2D eigenvalue weighted by Gasteiger charge is -2.35. The highest BCUT2D eigenvalue weighted by atomic mass is 32.2. The summed E-state index contributed by atoms with van der Waals surface area (Å²) in [6.07, 6.45) is 5.49. The molecule has 8 heteroatoms. The van der Waals surface area contributed by atoms with Gasteiger partial charge in [0, 0.05) is 12.5 Å². The second kappa shape index (κ2) is 7.36. The summed E-state index contributed by atoms with van der Waals surface area (Å²) in [6.45, 7) is 6.21. The van der Waals surface area contributed by atoms with Gasteiger partial charge in [-0.05, 0) is 62.2 Å². The van der Waals surface area contributed by atoms with Gasteiger partial charge in [-0.2, -0.15) is 8.42 Å². The number of carbonyl (C=O) groups is 2. The molecule has 0 radical (unpaired) electrons. The fraction of sp³-hybridized carbons (Fsp3) is 0.900. The second-order valence-corrected chi connectivity index (χ2v) is 11.0. The van der Waals surface area contributed by atoms with Gasteiger partial charge in [0.1, 0.15) is 5.78 Å². The molecule has 6 atom stereocenters. The Bertz CT molecular complexity index is 746. The molecule has 0 aromatic rings. The third kappa shape index (κ3) is 3.52. The number of ketones is 1. The third-order valence-electron chi connectivity index (χ3n) is 8.11. The Labute approximate surface area is 167 Å². The van der Waals surface area contributed by atoms with E-state index in [9.17, 15) is 18.0 Å². The van der Waals surface area contributed by atoms with Crippen molar-refractivity contribution in [1.29, 1.82) is 0 Å². The number of hydrogen-bond acceptors (Lipinski definition) is 6. The number of fused-ring (bicyclic) bond motifs is 4. The molecule has 3 N–H and O–H groups in total. The molecule has 1 unspecified atom stereocenters. The van der Waals surface area contributed by atoms with E-state index in [2.05, 4.69) is 0 Å². The first kappa shape index (κ1) is 21.7. The minimum absolute atomic E-state index is 0.00120. The highest BCUT2D eigenvalue weighted by molar-refractivity contribution is 7.85. The first-order valence-electron chi connectivity index (χ1n) is 10.3. The average molecular weight is 416 g/mol. The standard InChI is InChI=1S/C10H17NO2.C10H16O4S/c1-2-13-10(12)8-6-3-4-7(5-6)9(8)11;1-9(2)7-3-4-10(9,8(11)5-7)6-15(12,13)14/h6-9H,2-5,11H2,1H3;7H,3-6H2,1-2H3,(H,12,13,14)/t6-,7+,8+,9-;7?,10-/m01/s1. The maximum atomic E-state index is 11.9. The number of Topliss-reactive ketones (excluding diaryl/α,β-unsaturated/α-hetero) is 1. The van der Waals surface area contributed by atoms with Gasteiger partial charge >= 0.3 is 5.97 Å². The molecule has 0 spiro atoms. The summed E-state index contributed by atoms with van der Waals surface area (Å²) in [5.41, 5.74) is 4.87. The number of hydrogen-bond donors (Lipinski definition) is 2. The van der Waals surface area contributed by atoms with E-state index in [0.717, 1.165) is 12.8 Å². The first-order valence-corrected chi connectivity index (χ1v) is 11.9. The lowest BCUT2D eigenvalue weighted by Crippen LogP contribution is -2.42. The molecule has 4 rings (SSSR count). The molecule has 160 valence electrons. The monoisotopic (exact) mass is 415 g/mol. The second-order valence-electron chi connectivity index (χ2n) is 9.58. The zero-order chi connectivity index (χ0) is 20.9. The summed E-state index contributed by atoms with van der Waals surface area (Å²) >= 11 is 0. The van der Waals surface area contributed by atoms with E-state index in [0.29, 0.717) is 31.3 Å². The van der Waals surface area contributed by atoms with Gasteiger partial charge in [-0.25, -0.2) is 0 Å². The quantitative estimate of drug-likeness (QED) is 0.533. The largest absolute Gasteiger partial charge is 0.466 e. The molecular formula is C20H33NO6S. The molecular weight excluding hydrogens is 382 g/mol. The maximum Gasteiger partial charge on any atom is 0.310 e. The average Bonchev–Trinajstić information content (AvgIpc) is 3.26. The van der Waals surface area contributed by atoms with Crippen molar-refractivity contribution in [2.75, 3.05) is 12.4 Å². The van der Waals surface area contributed by atoms with Crippen LogP contribution in [0.3, 0.4) is 0 Å². The number of ether oxygens (including phenoxy) is 1. The van der Waals surface area contributed by atoms with E-state index in [4.69, 9.17) is 15.0 Å². The van der Waals surface area contributed by atoms with Crippen LogP contribution in [0, 0.1) is 34.5 Å². The van der Waals surface area contributed by atoms with Gasteiger partial charge in [0.05, 0.1) is 23.7 Å². The topological polar surface area (TPSA) is 124 Å². The van der Waals surface area contributed by atoms with Crippen molar-refractivity contribution in [2.24, 2.45) is 40.2 Å². The van der Waals surface area contributed by atoms with Crippen LogP contribution in [0.1, 0.15) is 59.3 Å². The van der Waals surface area contributed by atoms with E-state index in [1.807, 2.05) is 20.8 Å². The Kier molecular flexibility index (Phi) is 5.71. The summed E-state index contributed by atoms with van der Waals surface area (Å²) in [6, 6.07) is 0.0674. The Balaban J connectivity index is 0.000000162. The predicted octanol–water partition coefficient (Wildman–Crippen LogP) is 2.19. The van der Waals surface area contributed by atoms with Crippen molar-refractivity contribution in [3.8, 4) is 0 Å². The highest BCUT2D eigenvalue weighted by Gasteiger charge is 2.65. The zero-order valence-electron chi connectivity index (χ0n) is 17.0. The normalized spacial score (nSPS) is 40.3. The summed E-state index contributed by atoms with van der Waals surface area (Å²) < 4.78 is 36.0. The van der Waals surface area contributed by atoms with Gasteiger partial charge in [0.25, 0.3) is 10.1 Å². The van der Waals surface area contributed by atoms with Crippen molar-refractivity contribution in [1.82, 2.24) is 0 Å². The third-order valence-corrected chi connectivity index (χ3v) is 8.96. The van der Waals surface area contributed by atoms with Gasteiger partial charge < -0.3 is 10.5 Å². The zero-order valence-corrected chi connectivity index (χ0v) is 17.8. The predicted molar refractivity (Wildman–Crippen MR) is 104 cm³/mol. The van der Waals surface area contributed by atoms with E-state index in [1.54, 1.807) is 0 Å². The molecule has 4 aliphatic rings. The fourth-order valence-corrected chi connectivity index (χ4v) is 7.64. The minimum Gasteiger partial charge on any atom is -0.466 e. The van der Waals surface area contributed by atoms with Crippen LogP contribution in [0.2, 0.25) is 0 Å². The van der Waals surface area contributed by atoms with E-state index in [-0.39, 0.29) is 35.0 Å². The number of esters is 1. The van der Waals surface area contributed by atoms with Gasteiger partial charge in [-0.1, -0.05) is 13.8 Å². The first-order chi connectivity index (χ1) is 12.9. The minimum atomic E-state index is -4.08. The van der Waals surface area contributed by atoms with Crippen molar-refractivity contribution >= 4 is 21.9 Å². The van der Waals surface area contributed by atoms with Gasteiger partial charge in [-0.15, -0.1) is 0 Å². The van der Waals surface area contributed by atoms with Crippen LogP contribution in [-0.2, 0) is 24.4 Å². The van der Waals surface area contributed by atoms with Gasteiger partial charge in [0.15, 0.2) is 0 Å². The van der Waals surface area contributed by atoms with Crippen molar-refractivity contribution in [3.63, 3.8) is 0 Å². The van der Waals surface area contributed by atoms with Crippen LogP contribution in [0.5, 0.6) is 0 Å². The Hall–Kier alpha value is -0.990. The smallest absolute Gasteiger partial charge is 0.310 e. The van der Waals surface area contributed by atoms with Crippen molar-refractivity contribution in [2.45, 2.75) is 65.3 Å². The molecule has 0 aromatic heterocycles. The summed E-state index contributed by atoms with van der Waals surface area (Å²) in [7, 11) is -4.08. The highest BCUT2D eigenvalue weighted by Crippen LogP contribution is 2.64. The molecule has 0 amide bonds. The molecule has 28 heavy (non-hydrogen) atoms. The molecule has 0 heterocycles. The molecule has 0 aliphatic heterocycles. The van der Waals surface area contributed by atoms with Crippen LogP contribution in [0.15, 0.2) is 0 Å². The molecule has 7 nitrogen and oxygen atoms in total. The SMILES string of the molecule is CC1(C)C2CC[C@@]1(CS(=O)(=O)O)C(=O)C2.CCOC(=O)[C@@H]1[C@H]2CC[C@H](C2)[C@@H]1N. The van der Waals surface area contributed by atoms with Crippen LogP contribution in [-0.4, -0.2) is 43.1 Å². The van der Waals surface area contributed by atoms with Crippen LogP contribution in [0.25, 0.3) is 0 Å². The number of nitrogens with two attached hydrogens (primary N) is 1. The molecule has 4 bridgehead atoms. The molecule has 4 saturated carbocycles. The number of carbonyl (C=O) groups excluding carboxylic acids is 2. The lowest BCUT2D eigenvalue weighted by atomic mass is 9.70. The van der Waals surface area contributed by atoms with Crippen LogP contribution >= 0.6 is 0 Å².